The summed E-state index contributed by atoms with van der Waals surface area (Å²) in [5.41, 5.74) is 4.22. The lowest BCUT2D eigenvalue weighted by Gasteiger charge is -2.42. The fraction of sp³-hybridized carbons (Fsp3) is 0.812. The van der Waals surface area contributed by atoms with Crippen LogP contribution in [0, 0.1) is 5.41 Å². The molecule has 0 aliphatic carbocycles. The zero-order chi connectivity index (χ0) is 34.0. The molecule has 0 bridgehead atoms. The molecule has 1 aromatic rings. The average Bonchev–Trinajstić information content (AvgIpc) is 2.97. The topological polar surface area (TPSA) is 161 Å². The second kappa shape index (κ2) is 20.6. The summed E-state index contributed by atoms with van der Waals surface area (Å²) >= 11 is 0. The number of aliphatic hydroxyl groups excluding tert-OH is 3. The molecular weight excluding hydrogens is 593 g/mol. The number of alkyl halides is 1. The van der Waals surface area contributed by atoms with Crippen molar-refractivity contribution < 1.29 is 57.6 Å². The molecule has 5 N–H and O–H groups in total. The van der Waals surface area contributed by atoms with Gasteiger partial charge in [-0.15, -0.1) is 0 Å². The van der Waals surface area contributed by atoms with Gasteiger partial charge in [-0.05, 0) is 58.4 Å². The Kier molecular flexibility index (Phi) is 18.9. The van der Waals surface area contributed by atoms with Gasteiger partial charge in [-0.1, -0.05) is 13.8 Å². The third-order valence-corrected chi connectivity index (χ3v) is 7.27. The van der Waals surface area contributed by atoms with E-state index in [-0.39, 0.29) is 72.5 Å². The van der Waals surface area contributed by atoms with Gasteiger partial charge in [0.15, 0.2) is 0 Å². The Balaban J connectivity index is 2.27. The maximum Gasteiger partial charge on any atom is 0.208 e. The summed E-state index contributed by atoms with van der Waals surface area (Å²) in [6.07, 6.45) is -1.09. The molecular formula is C32H58FNO11. The normalized spacial score (nSPS) is 16.5. The molecule has 12 nitrogen and oxygen atoms in total. The van der Waals surface area contributed by atoms with Gasteiger partial charge in [0.2, 0.25) is 5.85 Å². The SMILES string of the molecule is COc1ccc(OCC(O)COCCOC(C)(F)CCOC(C)(N)C(C)(C)COC(C)(C)CCOCC(O)COCCO)cc1. The Morgan fingerprint density at radius 2 is 1.27 bits per heavy atom. The minimum Gasteiger partial charge on any atom is -0.497 e. The van der Waals surface area contributed by atoms with Crippen LogP contribution in [-0.4, -0.2) is 124 Å². The van der Waals surface area contributed by atoms with Crippen LogP contribution in [0.5, 0.6) is 11.5 Å². The van der Waals surface area contributed by atoms with Crippen LogP contribution in [0.15, 0.2) is 24.3 Å². The molecule has 0 fully saturated rings. The summed E-state index contributed by atoms with van der Waals surface area (Å²) in [5, 5.41) is 28.6. The van der Waals surface area contributed by atoms with E-state index in [0.717, 1.165) is 0 Å². The Morgan fingerprint density at radius 1 is 0.711 bits per heavy atom. The molecule has 0 aliphatic rings. The lowest BCUT2D eigenvalue weighted by atomic mass is 9.83. The van der Waals surface area contributed by atoms with Gasteiger partial charge in [0.1, 0.15) is 36.0 Å². The third-order valence-electron chi connectivity index (χ3n) is 7.27. The summed E-state index contributed by atoms with van der Waals surface area (Å²) in [5.74, 6) is -0.657. The summed E-state index contributed by atoms with van der Waals surface area (Å²) in [4.78, 5) is 0. The average molecular weight is 652 g/mol. The number of ether oxygens (including phenoxy) is 8. The van der Waals surface area contributed by atoms with E-state index in [1.807, 2.05) is 27.7 Å². The van der Waals surface area contributed by atoms with Crippen molar-refractivity contribution in [3.05, 3.63) is 24.3 Å². The Labute approximate surface area is 268 Å². The van der Waals surface area contributed by atoms with Crippen LogP contribution in [0.3, 0.4) is 0 Å². The monoisotopic (exact) mass is 651 g/mol. The van der Waals surface area contributed by atoms with Crippen molar-refractivity contribution in [1.82, 2.24) is 0 Å². The van der Waals surface area contributed by atoms with Crippen LogP contribution in [0.1, 0.15) is 54.4 Å². The smallest absolute Gasteiger partial charge is 0.208 e. The summed E-state index contributed by atoms with van der Waals surface area (Å²) < 4.78 is 59.0. The van der Waals surface area contributed by atoms with Gasteiger partial charge in [0.05, 0.1) is 72.2 Å². The molecule has 0 radical (unpaired) electrons. The highest BCUT2D eigenvalue weighted by atomic mass is 19.2. The number of hydrogen-bond donors (Lipinski definition) is 4. The maximum atomic E-state index is 14.9. The second-order valence-electron chi connectivity index (χ2n) is 12.6. The molecule has 1 aromatic carbocycles. The second-order valence-corrected chi connectivity index (χ2v) is 12.6. The molecule has 264 valence electrons. The minimum atomic E-state index is -1.96. The van der Waals surface area contributed by atoms with E-state index < -0.39 is 34.8 Å². The standard InChI is InChI=1S/C32H58FNO11/c1-29(2,24-45-30(3,4)12-15-39-20-25(36)21-40-17-14-35)32(6,34)44-16-13-31(5,33)43-19-18-41-22-26(37)23-42-28-10-8-27(38-7)9-11-28/h8-11,25-26,35-37H,12-24,34H2,1-7H3. The van der Waals surface area contributed by atoms with Crippen LogP contribution in [0.4, 0.5) is 4.39 Å². The van der Waals surface area contributed by atoms with Crippen molar-refractivity contribution in [2.45, 2.75) is 83.8 Å². The summed E-state index contributed by atoms with van der Waals surface area (Å²) in [6.45, 7) is 11.9. The Morgan fingerprint density at radius 3 is 1.87 bits per heavy atom. The first-order chi connectivity index (χ1) is 21.0. The number of nitrogens with two attached hydrogens (primary N) is 1. The number of aliphatic hydroxyl groups is 3. The molecule has 0 spiro atoms. The molecule has 45 heavy (non-hydrogen) atoms. The molecule has 4 atom stereocenters. The lowest BCUT2D eigenvalue weighted by Crippen LogP contribution is -2.55. The molecule has 4 unspecified atom stereocenters. The van der Waals surface area contributed by atoms with Crippen molar-refractivity contribution in [1.29, 1.82) is 0 Å². The van der Waals surface area contributed by atoms with E-state index >= 15 is 0 Å². The number of benzene rings is 1. The number of hydrogen-bond acceptors (Lipinski definition) is 12. The molecule has 0 aromatic heterocycles. The fourth-order valence-corrected chi connectivity index (χ4v) is 3.62. The van der Waals surface area contributed by atoms with Gasteiger partial charge in [0, 0.05) is 18.4 Å². The predicted molar refractivity (Wildman–Crippen MR) is 167 cm³/mol. The lowest BCUT2D eigenvalue weighted by molar-refractivity contribution is -0.186. The van der Waals surface area contributed by atoms with Crippen molar-refractivity contribution in [3.63, 3.8) is 0 Å². The highest BCUT2D eigenvalue weighted by molar-refractivity contribution is 5.31. The van der Waals surface area contributed by atoms with Gasteiger partial charge in [-0.2, -0.15) is 0 Å². The van der Waals surface area contributed by atoms with Crippen LogP contribution >= 0.6 is 0 Å². The molecule has 0 amide bonds. The number of halogens is 1. The van der Waals surface area contributed by atoms with Gasteiger partial charge in [-0.3, -0.25) is 0 Å². The first-order valence-corrected chi connectivity index (χ1v) is 15.4. The predicted octanol–water partition coefficient (Wildman–Crippen LogP) is 2.83. The van der Waals surface area contributed by atoms with E-state index in [9.17, 15) is 14.6 Å². The molecule has 13 heteroatoms. The van der Waals surface area contributed by atoms with Crippen LogP contribution in [0.2, 0.25) is 0 Å². The first-order valence-electron chi connectivity index (χ1n) is 15.4. The summed E-state index contributed by atoms with van der Waals surface area (Å²) in [6, 6.07) is 7.00. The van der Waals surface area contributed by atoms with Gasteiger partial charge < -0.3 is 58.9 Å². The zero-order valence-corrected chi connectivity index (χ0v) is 28.2. The highest BCUT2D eigenvalue weighted by Crippen LogP contribution is 2.33. The maximum absolute atomic E-state index is 14.9. The largest absolute Gasteiger partial charge is 0.497 e. The number of methoxy groups -OCH3 is 1. The third kappa shape index (κ3) is 18.3. The van der Waals surface area contributed by atoms with Crippen LogP contribution in [0.25, 0.3) is 0 Å². The van der Waals surface area contributed by atoms with E-state index in [4.69, 9.17) is 48.7 Å². The highest BCUT2D eigenvalue weighted by Gasteiger charge is 2.41. The van der Waals surface area contributed by atoms with Gasteiger partial charge >= 0.3 is 0 Å². The van der Waals surface area contributed by atoms with E-state index in [1.54, 1.807) is 38.3 Å². The van der Waals surface area contributed by atoms with Crippen LogP contribution < -0.4 is 15.2 Å². The van der Waals surface area contributed by atoms with Crippen molar-refractivity contribution in [3.8, 4) is 11.5 Å². The van der Waals surface area contributed by atoms with Crippen molar-refractivity contribution in [2.75, 3.05) is 79.8 Å². The van der Waals surface area contributed by atoms with Crippen molar-refractivity contribution >= 4 is 0 Å². The number of rotatable bonds is 27. The van der Waals surface area contributed by atoms with E-state index in [0.29, 0.717) is 24.5 Å². The Bertz CT molecular complexity index is 900. The molecule has 1 rings (SSSR count). The first kappa shape index (κ1) is 41.4. The summed E-state index contributed by atoms with van der Waals surface area (Å²) in [7, 11) is 1.58. The van der Waals surface area contributed by atoms with Crippen LogP contribution in [-0.2, 0) is 28.4 Å². The fourth-order valence-electron chi connectivity index (χ4n) is 3.62. The molecule has 0 heterocycles. The van der Waals surface area contributed by atoms with E-state index in [2.05, 4.69) is 0 Å². The molecule has 0 saturated carbocycles. The Hall–Kier alpha value is -1.65. The van der Waals surface area contributed by atoms with Gasteiger partial charge in [0.25, 0.3) is 0 Å². The molecule has 0 saturated heterocycles. The van der Waals surface area contributed by atoms with E-state index in [1.165, 1.54) is 6.92 Å². The minimum absolute atomic E-state index is 0.00642. The zero-order valence-electron chi connectivity index (χ0n) is 28.2. The quantitative estimate of drug-likeness (QED) is 0.0815. The molecule has 0 aliphatic heterocycles. The van der Waals surface area contributed by atoms with Gasteiger partial charge in [-0.25, -0.2) is 4.39 Å². The van der Waals surface area contributed by atoms with Crippen molar-refractivity contribution in [2.24, 2.45) is 11.1 Å².